The third-order valence-electron chi connectivity index (χ3n) is 2.84. The molecule has 2 N–H and O–H groups in total. The van der Waals surface area contributed by atoms with Crippen LogP contribution in [0.3, 0.4) is 0 Å². The molecular formula is C13H16N2O3. The van der Waals surface area contributed by atoms with Gasteiger partial charge in [0.15, 0.2) is 0 Å². The summed E-state index contributed by atoms with van der Waals surface area (Å²) in [6.07, 6.45) is 1.37. The van der Waals surface area contributed by atoms with Crippen molar-refractivity contribution < 1.29 is 15.0 Å². The number of para-hydroxylation sites is 2. The van der Waals surface area contributed by atoms with Crippen molar-refractivity contribution in [2.45, 2.75) is 25.8 Å². The fourth-order valence-electron chi connectivity index (χ4n) is 2.01. The highest BCUT2D eigenvalue weighted by Crippen LogP contribution is 2.17. The monoisotopic (exact) mass is 248 g/mol. The van der Waals surface area contributed by atoms with E-state index >= 15 is 0 Å². The smallest absolute Gasteiger partial charge is 0.305 e. The summed E-state index contributed by atoms with van der Waals surface area (Å²) in [6.45, 7) is 0.527. The zero-order chi connectivity index (χ0) is 13.0. The fourth-order valence-corrected chi connectivity index (χ4v) is 2.01. The first-order valence-electron chi connectivity index (χ1n) is 5.99. The summed E-state index contributed by atoms with van der Waals surface area (Å²) in [7, 11) is 0. The number of nitrogens with zero attached hydrogens (tertiary/aromatic N) is 2. The van der Waals surface area contributed by atoms with Gasteiger partial charge in [-0.15, -0.1) is 0 Å². The third kappa shape index (κ3) is 2.68. The molecule has 0 radical (unpaired) electrons. The maximum atomic E-state index is 10.7. The SMILES string of the molecule is O=C(O)CCn1c(CCCO)nc2ccccc21. The Morgan fingerprint density at radius 2 is 2.11 bits per heavy atom. The number of carboxylic acid groups (broad SMARTS) is 1. The highest BCUT2D eigenvalue weighted by Gasteiger charge is 2.10. The van der Waals surface area contributed by atoms with Gasteiger partial charge in [-0.2, -0.15) is 0 Å². The standard InChI is InChI=1S/C13H16N2O3/c16-9-3-6-12-14-10-4-1-2-5-11(10)15(12)8-7-13(17)18/h1-2,4-5,16H,3,6-9H2,(H,17,18). The molecule has 96 valence electrons. The average Bonchev–Trinajstić information content (AvgIpc) is 2.71. The number of aliphatic hydroxyl groups excluding tert-OH is 1. The van der Waals surface area contributed by atoms with Crippen LogP contribution in [0.5, 0.6) is 0 Å². The molecule has 1 aromatic heterocycles. The van der Waals surface area contributed by atoms with Gasteiger partial charge in [-0.3, -0.25) is 4.79 Å². The van der Waals surface area contributed by atoms with Gasteiger partial charge in [0.05, 0.1) is 17.5 Å². The second-order valence-electron chi connectivity index (χ2n) is 4.14. The quantitative estimate of drug-likeness (QED) is 0.811. The molecule has 2 rings (SSSR count). The number of rotatable bonds is 6. The van der Waals surface area contributed by atoms with Crippen LogP contribution < -0.4 is 0 Å². The van der Waals surface area contributed by atoms with Crippen LogP contribution in [0.15, 0.2) is 24.3 Å². The maximum Gasteiger partial charge on any atom is 0.305 e. The summed E-state index contributed by atoms with van der Waals surface area (Å²) in [5.74, 6) is 0.0207. The Hall–Kier alpha value is -1.88. The first kappa shape index (κ1) is 12.6. The number of imidazole rings is 1. The molecule has 0 fully saturated rings. The van der Waals surface area contributed by atoms with E-state index in [0.29, 0.717) is 19.4 Å². The maximum absolute atomic E-state index is 10.7. The number of carboxylic acids is 1. The lowest BCUT2D eigenvalue weighted by Crippen LogP contribution is -2.08. The molecule has 0 spiro atoms. The predicted molar refractivity (Wildman–Crippen MR) is 67.4 cm³/mol. The molecule has 1 heterocycles. The first-order chi connectivity index (χ1) is 8.72. The first-order valence-corrected chi connectivity index (χ1v) is 5.99. The zero-order valence-electron chi connectivity index (χ0n) is 10.0. The minimum Gasteiger partial charge on any atom is -0.481 e. The number of aryl methyl sites for hydroxylation is 2. The van der Waals surface area contributed by atoms with Gasteiger partial charge in [-0.25, -0.2) is 4.98 Å². The van der Waals surface area contributed by atoms with Gasteiger partial charge in [0.2, 0.25) is 0 Å². The molecule has 0 saturated heterocycles. The van der Waals surface area contributed by atoms with Crippen molar-refractivity contribution in [3.05, 3.63) is 30.1 Å². The number of aliphatic hydroxyl groups is 1. The third-order valence-corrected chi connectivity index (χ3v) is 2.84. The Morgan fingerprint density at radius 1 is 1.33 bits per heavy atom. The van der Waals surface area contributed by atoms with Crippen molar-refractivity contribution in [3.8, 4) is 0 Å². The molecular weight excluding hydrogens is 232 g/mol. The van der Waals surface area contributed by atoms with E-state index in [0.717, 1.165) is 16.9 Å². The second kappa shape index (κ2) is 5.64. The Bertz CT molecular complexity index is 548. The fraction of sp³-hybridized carbons (Fsp3) is 0.385. The summed E-state index contributed by atoms with van der Waals surface area (Å²) < 4.78 is 1.93. The van der Waals surface area contributed by atoms with Gasteiger partial charge in [-0.05, 0) is 18.6 Å². The van der Waals surface area contributed by atoms with E-state index in [-0.39, 0.29) is 13.0 Å². The Kier molecular flexibility index (Phi) is 3.94. The molecule has 0 aliphatic heterocycles. The summed E-state index contributed by atoms with van der Waals surface area (Å²) in [4.78, 5) is 15.2. The number of hydrogen-bond acceptors (Lipinski definition) is 3. The van der Waals surface area contributed by atoms with Crippen LogP contribution in [0.2, 0.25) is 0 Å². The van der Waals surface area contributed by atoms with Crippen molar-refractivity contribution in [3.63, 3.8) is 0 Å². The van der Waals surface area contributed by atoms with Crippen molar-refractivity contribution in [1.29, 1.82) is 0 Å². The van der Waals surface area contributed by atoms with Gasteiger partial charge < -0.3 is 14.8 Å². The van der Waals surface area contributed by atoms with Crippen molar-refractivity contribution in [1.82, 2.24) is 9.55 Å². The molecule has 18 heavy (non-hydrogen) atoms. The largest absolute Gasteiger partial charge is 0.481 e. The molecule has 5 nitrogen and oxygen atoms in total. The number of hydrogen-bond donors (Lipinski definition) is 2. The molecule has 2 aromatic rings. The van der Waals surface area contributed by atoms with Gasteiger partial charge in [0, 0.05) is 19.6 Å². The molecule has 0 saturated carbocycles. The minimum atomic E-state index is -0.819. The van der Waals surface area contributed by atoms with E-state index in [2.05, 4.69) is 4.98 Å². The van der Waals surface area contributed by atoms with E-state index in [1.54, 1.807) is 0 Å². The number of aromatic nitrogens is 2. The second-order valence-corrected chi connectivity index (χ2v) is 4.14. The highest BCUT2D eigenvalue weighted by molar-refractivity contribution is 5.76. The number of aliphatic carboxylic acids is 1. The highest BCUT2D eigenvalue weighted by atomic mass is 16.4. The Labute approximate surface area is 105 Å². The van der Waals surface area contributed by atoms with E-state index < -0.39 is 5.97 Å². The van der Waals surface area contributed by atoms with Crippen LogP contribution in [0.1, 0.15) is 18.7 Å². The summed E-state index contributed by atoms with van der Waals surface area (Å²) in [6, 6.07) is 7.67. The normalized spacial score (nSPS) is 10.9. The topological polar surface area (TPSA) is 75.3 Å². The Balaban J connectivity index is 2.34. The summed E-state index contributed by atoms with van der Waals surface area (Å²) >= 11 is 0. The van der Waals surface area contributed by atoms with Gasteiger partial charge in [0.25, 0.3) is 0 Å². The van der Waals surface area contributed by atoms with E-state index in [4.69, 9.17) is 10.2 Å². The molecule has 5 heteroatoms. The Morgan fingerprint density at radius 3 is 2.83 bits per heavy atom. The van der Waals surface area contributed by atoms with E-state index in [9.17, 15) is 4.79 Å². The van der Waals surface area contributed by atoms with Crippen LogP contribution in [-0.4, -0.2) is 32.3 Å². The molecule has 0 unspecified atom stereocenters. The molecule has 0 amide bonds. The summed E-state index contributed by atoms with van der Waals surface area (Å²) in [5, 5.41) is 17.7. The van der Waals surface area contributed by atoms with Gasteiger partial charge in [0.1, 0.15) is 5.82 Å². The molecule has 0 bridgehead atoms. The van der Waals surface area contributed by atoms with Gasteiger partial charge in [-0.1, -0.05) is 12.1 Å². The minimum absolute atomic E-state index is 0.0759. The van der Waals surface area contributed by atoms with Crippen LogP contribution >= 0.6 is 0 Å². The molecule has 0 aliphatic rings. The number of fused-ring (bicyclic) bond motifs is 1. The number of carbonyl (C=O) groups is 1. The van der Waals surface area contributed by atoms with Gasteiger partial charge >= 0.3 is 5.97 Å². The van der Waals surface area contributed by atoms with Crippen LogP contribution in [0.4, 0.5) is 0 Å². The van der Waals surface area contributed by atoms with Crippen molar-refractivity contribution in [2.75, 3.05) is 6.61 Å². The van der Waals surface area contributed by atoms with Crippen molar-refractivity contribution >= 4 is 17.0 Å². The van der Waals surface area contributed by atoms with E-state index in [1.807, 2.05) is 28.8 Å². The van der Waals surface area contributed by atoms with Crippen molar-refractivity contribution in [2.24, 2.45) is 0 Å². The molecule has 0 atom stereocenters. The molecule has 1 aromatic carbocycles. The lowest BCUT2D eigenvalue weighted by Gasteiger charge is -2.07. The number of benzene rings is 1. The van der Waals surface area contributed by atoms with Crippen LogP contribution in [0.25, 0.3) is 11.0 Å². The van der Waals surface area contributed by atoms with Crippen LogP contribution in [-0.2, 0) is 17.8 Å². The lowest BCUT2D eigenvalue weighted by molar-refractivity contribution is -0.137. The molecule has 0 aliphatic carbocycles. The zero-order valence-corrected chi connectivity index (χ0v) is 10.0. The lowest BCUT2D eigenvalue weighted by atomic mass is 10.3. The predicted octanol–water partition coefficient (Wildman–Crippen LogP) is 1.44. The van der Waals surface area contributed by atoms with E-state index in [1.165, 1.54) is 0 Å². The van der Waals surface area contributed by atoms with Crippen LogP contribution in [0, 0.1) is 0 Å². The summed E-state index contributed by atoms with van der Waals surface area (Å²) in [5.41, 5.74) is 1.82. The average molecular weight is 248 g/mol.